The van der Waals surface area contributed by atoms with Crippen LogP contribution in [-0.4, -0.2) is 45.3 Å². The molecule has 1 aromatic carbocycles. The van der Waals surface area contributed by atoms with Gasteiger partial charge in [-0.2, -0.15) is 0 Å². The highest BCUT2D eigenvalue weighted by Gasteiger charge is 1.99. The maximum Gasteiger partial charge on any atom is 0.0589 e. The van der Waals surface area contributed by atoms with Gasteiger partial charge >= 0.3 is 0 Å². The largest absolute Gasteiger partial charge is 0.383 e. The number of benzene rings is 1. The van der Waals surface area contributed by atoms with E-state index in [0.29, 0.717) is 0 Å². The average Bonchev–Trinajstić information content (AvgIpc) is 2.34. The van der Waals surface area contributed by atoms with E-state index >= 15 is 0 Å². The molecule has 0 saturated carbocycles. The van der Waals surface area contributed by atoms with Gasteiger partial charge in [0.2, 0.25) is 0 Å². The lowest BCUT2D eigenvalue weighted by Gasteiger charge is -2.16. The molecule has 3 nitrogen and oxygen atoms in total. The standard InChI is InChI=1S/C13H21BrN2O/c1-16(9-10-17-2)8-7-15-11-12-5-3-4-6-13(12)14/h3-6,15H,7-11H2,1-2H3. The molecule has 0 heterocycles. The van der Waals surface area contributed by atoms with Gasteiger partial charge in [-0.1, -0.05) is 34.1 Å². The number of nitrogens with one attached hydrogen (secondary N) is 1. The van der Waals surface area contributed by atoms with E-state index in [2.05, 4.69) is 51.4 Å². The van der Waals surface area contributed by atoms with Gasteiger partial charge in [-0.05, 0) is 18.7 Å². The smallest absolute Gasteiger partial charge is 0.0589 e. The molecule has 0 fully saturated rings. The van der Waals surface area contributed by atoms with Gasteiger partial charge in [0, 0.05) is 37.8 Å². The van der Waals surface area contributed by atoms with E-state index in [1.165, 1.54) is 10.0 Å². The second-order valence-electron chi connectivity index (χ2n) is 4.06. The lowest BCUT2D eigenvalue weighted by Crippen LogP contribution is -2.31. The predicted octanol–water partition coefficient (Wildman–Crippen LogP) is 2.12. The molecule has 1 N–H and O–H groups in total. The van der Waals surface area contributed by atoms with Gasteiger partial charge in [-0.3, -0.25) is 0 Å². The highest BCUT2D eigenvalue weighted by Crippen LogP contribution is 2.14. The third kappa shape index (κ3) is 6.17. The van der Waals surface area contributed by atoms with Crippen LogP contribution in [0, 0.1) is 0 Å². The van der Waals surface area contributed by atoms with Gasteiger partial charge in [-0.15, -0.1) is 0 Å². The van der Waals surface area contributed by atoms with Crippen molar-refractivity contribution in [2.75, 3.05) is 40.4 Å². The molecule has 0 aliphatic carbocycles. The van der Waals surface area contributed by atoms with Crippen LogP contribution in [0.25, 0.3) is 0 Å². The molecule has 17 heavy (non-hydrogen) atoms. The molecule has 0 spiro atoms. The fraction of sp³-hybridized carbons (Fsp3) is 0.538. The minimum Gasteiger partial charge on any atom is -0.383 e. The van der Waals surface area contributed by atoms with E-state index in [0.717, 1.165) is 32.8 Å². The molecule has 1 aromatic rings. The van der Waals surface area contributed by atoms with Crippen LogP contribution < -0.4 is 5.32 Å². The summed E-state index contributed by atoms with van der Waals surface area (Å²) < 4.78 is 6.20. The summed E-state index contributed by atoms with van der Waals surface area (Å²) in [6.45, 7) is 4.70. The van der Waals surface area contributed by atoms with Gasteiger partial charge in [-0.25, -0.2) is 0 Å². The van der Waals surface area contributed by atoms with Gasteiger partial charge < -0.3 is 15.0 Å². The number of ether oxygens (including phenoxy) is 1. The van der Waals surface area contributed by atoms with Crippen molar-refractivity contribution in [1.29, 1.82) is 0 Å². The second-order valence-corrected chi connectivity index (χ2v) is 4.92. The fourth-order valence-electron chi connectivity index (χ4n) is 1.49. The summed E-state index contributed by atoms with van der Waals surface area (Å²) in [4.78, 5) is 2.26. The van der Waals surface area contributed by atoms with Crippen LogP contribution in [0.2, 0.25) is 0 Å². The highest BCUT2D eigenvalue weighted by molar-refractivity contribution is 9.10. The first-order valence-electron chi connectivity index (χ1n) is 5.85. The fourth-order valence-corrected chi connectivity index (χ4v) is 1.92. The number of methoxy groups -OCH3 is 1. The Bertz CT molecular complexity index is 320. The molecule has 0 bridgehead atoms. The first kappa shape index (κ1) is 14.6. The molecule has 4 heteroatoms. The zero-order chi connectivity index (χ0) is 12.5. The summed E-state index contributed by atoms with van der Waals surface area (Å²) in [5.41, 5.74) is 1.30. The minimum absolute atomic E-state index is 0.792. The lowest BCUT2D eigenvalue weighted by atomic mass is 10.2. The Labute approximate surface area is 112 Å². The van der Waals surface area contributed by atoms with E-state index in [4.69, 9.17) is 4.74 Å². The van der Waals surface area contributed by atoms with Crippen LogP contribution >= 0.6 is 15.9 Å². The molecule has 0 saturated heterocycles. The Morgan fingerprint density at radius 3 is 2.76 bits per heavy atom. The summed E-state index contributed by atoms with van der Waals surface area (Å²) in [5, 5.41) is 3.44. The van der Waals surface area contributed by atoms with Crippen molar-refractivity contribution in [2.24, 2.45) is 0 Å². The molecule has 0 aliphatic rings. The molecule has 0 atom stereocenters. The number of rotatable bonds is 8. The van der Waals surface area contributed by atoms with Crippen molar-refractivity contribution in [1.82, 2.24) is 10.2 Å². The first-order chi connectivity index (χ1) is 8.24. The summed E-state index contributed by atoms with van der Waals surface area (Å²) >= 11 is 3.54. The van der Waals surface area contributed by atoms with Crippen LogP contribution in [0.5, 0.6) is 0 Å². The van der Waals surface area contributed by atoms with Crippen molar-refractivity contribution >= 4 is 15.9 Å². The number of likely N-dealkylation sites (N-methyl/N-ethyl adjacent to an activating group) is 1. The maximum atomic E-state index is 5.04. The SMILES string of the molecule is COCCN(C)CCNCc1ccccc1Br. The highest BCUT2D eigenvalue weighted by atomic mass is 79.9. The third-order valence-corrected chi connectivity index (χ3v) is 3.39. The van der Waals surface area contributed by atoms with Crippen LogP contribution in [0.15, 0.2) is 28.7 Å². The zero-order valence-corrected chi connectivity index (χ0v) is 12.2. The Morgan fingerprint density at radius 1 is 1.29 bits per heavy atom. The molecule has 0 radical (unpaired) electrons. The van der Waals surface area contributed by atoms with E-state index in [9.17, 15) is 0 Å². The van der Waals surface area contributed by atoms with Crippen LogP contribution in [0.1, 0.15) is 5.56 Å². The molecular weight excluding hydrogens is 280 g/mol. The molecule has 0 aliphatic heterocycles. The number of halogens is 1. The molecule has 0 aromatic heterocycles. The number of hydrogen-bond donors (Lipinski definition) is 1. The van der Waals surface area contributed by atoms with Crippen LogP contribution in [0.4, 0.5) is 0 Å². The van der Waals surface area contributed by atoms with Crippen molar-refractivity contribution < 1.29 is 4.74 Å². The number of hydrogen-bond acceptors (Lipinski definition) is 3. The second kappa shape index (κ2) is 8.64. The normalized spacial score (nSPS) is 11.1. The summed E-state index contributed by atoms with van der Waals surface area (Å²) in [5.74, 6) is 0. The summed E-state index contributed by atoms with van der Waals surface area (Å²) in [6.07, 6.45) is 0. The predicted molar refractivity (Wildman–Crippen MR) is 75.2 cm³/mol. The maximum absolute atomic E-state index is 5.04. The molecule has 96 valence electrons. The quantitative estimate of drug-likeness (QED) is 0.744. The summed E-state index contributed by atoms with van der Waals surface area (Å²) in [6, 6.07) is 8.30. The van der Waals surface area contributed by atoms with Crippen LogP contribution in [0.3, 0.4) is 0 Å². The van der Waals surface area contributed by atoms with Gasteiger partial charge in [0.25, 0.3) is 0 Å². The van der Waals surface area contributed by atoms with Gasteiger partial charge in [0.1, 0.15) is 0 Å². The molecule has 1 rings (SSSR count). The topological polar surface area (TPSA) is 24.5 Å². The molecular formula is C13H21BrN2O. The average molecular weight is 301 g/mol. The molecule has 0 unspecified atom stereocenters. The third-order valence-electron chi connectivity index (χ3n) is 2.62. The lowest BCUT2D eigenvalue weighted by molar-refractivity contribution is 0.161. The Kier molecular flexibility index (Phi) is 7.44. The first-order valence-corrected chi connectivity index (χ1v) is 6.65. The van der Waals surface area contributed by atoms with E-state index in [1.807, 2.05) is 6.07 Å². The monoisotopic (exact) mass is 300 g/mol. The van der Waals surface area contributed by atoms with Crippen LogP contribution in [-0.2, 0) is 11.3 Å². The minimum atomic E-state index is 0.792. The van der Waals surface area contributed by atoms with Crippen molar-refractivity contribution in [3.05, 3.63) is 34.3 Å². The Balaban J connectivity index is 2.14. The van der Waals surface area contributed by atoms with E-state index in [1.54, 1.807) is 7.11 Å². The van der Waals surface area contributed by atoms with Crippen molar-refractivity contribution in [3.8, 4) is 0 Å². The van der Waals surface area contributed by atoms with E-state index in [-0.39, 0.29) is 0 Å². The van der Waals surface area contributed by atoms with E-state index < -0.39 is 0 Å². The van der Waals surface area contributed by atoms with Crippen molar-refractivity contribution in [3.63, 3.8) is 0 Å². The Morgan fingerprint density at radius 2 is 2.06 bits per heavy atom. The number of nitrogens with zero attached hydrogens (tertiary/aromatic N) is 1. The van der Waals surface area contributed by atoms with Crippen molar-refractivity contribution in [2.45, 2.75) is 6.54 Å². The summed E-state index contributed by atoms with van der Waals surface area (Å²) in [7, 11) is 3.85. The van der Waals surface area contributed by atoms with Gasteiger partial charge in [0.05, 0.1) is 6.61 Å². The molecule has 0 amide bonds. The van der Waals surface area contributed by atoms with Gasteiger partial charge in [0.15, 0.2) is 0 Å². The Hall–Kier alpha value is -0.420. The zero-order valence-electron chi connectivity index (χ0n) is 10.6.